The van der Waals surface area contributed by atoms with Crippen molar-refractivity contribution in [2.75, 3.05) is 7.05 Å². The average molecular weight is 327 g/mol. The number of carbonyl (C=O) groups excluding carboxylic acids is 1. The highest BCUT2D eigenvalue weighted by molar-refractivity contribution is 9.10. The van der Waals surface area contributed by atoms with Gasteiger partial charge in [-0.05, 0) is 36.5 Å². The van der Waals surface area contributed by atoms with Crippen molar-refractivity contribution >= 4 is 21.8 Å². The van der Waals surface area contributed by atoms with Gasteiger partial charge < -0.3 is 10.6 Å². The lowest BCUT2D eigenvalue weighted by atomic mass is 10.0. The Bertz CT molecular complexity index is 432. The Hall–Kier alpha value is -0.870. The minimum Gasteiger partial charge on any atom is -0.358 e. The van der Waals surface area contributed by atoms with Crippen LogP contribution in [-0.4, -0.2) is 19.0 Å². The van der Waals surface area contributed by atoms with Crippen LogP contribution in [0.2, 0.25) is 0 Å². The van der Waals surface area contributed by atoms with Gasteiger partial charge in [0, 0.05) is 18.1 Å². The summed E-state index contributed by atoms with van der Waals surface area (Å²) in [6, 6.07) is 6.13. The third-order valence-electron chi connectivity index (χ3n) is 3.06. The molecule has 0 aliphatic heterocycles. The van der Waals surface area contributed by atoms with Crippen molar-refractivity contribution in [1.82, 2.24) is 10.6 Å². The molecule has 1 atom stereocenters. The zero-order chi connectivity index (χ0) is 14.4. The molecule has 1 aromatic carbocycles. The predicted molar refractivity (Wildman–Crippen MR) is 83.0 cm³/mol. The van der Waals surface area contributed by atoms with Crippen molar-refractivity contribution in [3.8, 4) is 0 Å². The Morgan fingerprint density at radius 1 is 1.37 bits per heavy atom. The summed E-state index contributed by atoms with van der Waals surface area (Å²) in [4.78, 5) is 11.8. The lowest BCUT2D eigenvalue weighted by Gasteiger charge is -2.19. The van der Waals surface area contributed by atoms with E-state index in [1.54, 1.807) is 7.05 Å². The molecule has 1 amide bonds. The van der Waals surface area contributed by atoms with Crippen LogP contribution in [0.3, 0.4) is 0 Å². The van der Waals surface area contributed by atoms with Crippen LogP contribution in [0.1, 0.15) is 31.4 Å². The van der Waals surface area contributed by atoms with Gasteiger partial charge in [-0.25, -0.2) is 0 Å². The molecule has 3 nitrogen and oxygen atoms in total. The number of halogens is 1. The van der Waals surface area contributed by atoms with E-state index in [1.165, 1.54) is 11.1 Å². The molecule has 1 rings (SSSR count). The maximum absolute atomic E-state index is 11.8. The highest BCUT2D eigenvalue weighted by Gasteiger charge is 2.17. The van der Waals surface area contributed by atoms with Gasteiger partial charge in [0.05, 0.1) is 6.04 Å². The summed E-state index contributed by atoms with van der Waals surface area (Å²) in [6.45, 7) is 7.01. The van der Waals surface area contributed by atoms with E-state index < -0.39 is 0 Å². The topological polar surface area (TPSA) is 41.1 Å². The third-order valence-corrected chi connectivity index (χ3v) is 3.91. The molecular formula is C15H23BrN2O. The summed E-state index contributed by atoms with van der Waals surface area (Å²) >= 11 is 3.53. The molecule has 0 saturated heterocycles. The Kier molecular flexibility index (Phi) is 6.52. The van der Waals surface area contributed by atoms with E-state index in [9.17, 15) is 4.79 Å². The van der Waals surface area contributed by atoms with E-state index in [1.807, 2.05) is 0 Å². The number of carbonyl (C=O) groups is 1. The fourth-order valence-corrected chi connectivity index (χ4v) is 2.34. The zero-order valence-electron chi connectivity index (χ0n) is 12.1. The van der Waals surface area contributed by atoms with Crippen LogP contribution in [-0.2, 0) is 11.3 Å². The summed E-state index contributed by atoms with van der Waals surface area (Å²) in [5.74, 6) is 0.541. The van der Waals surface area contributed by atoms with Crippen LogP contribution in [0.25, 0.3) is 0 Å². The molecular weight excluding hydrogens is 304 g/mol. The lowest BCUT2D eigenvalue weighted by molar-refractivity contribution is -0.123. The summed E-state index contributed by atoms with van der Waals surface area (Å²) < 4.78 is 1.10. The van der Waals surface area contributed by atoms with Crippen LogP contribution in [0.5, 0.6) is 0 Å². The molecule has 0 fully saturated rings. The molecule has 0 radical (unpaired) electrons. The van der Waals surface area contributed by atoms with Gasteiger partial charge in [-0.2, -0.15) is 0 Å². The number of benzene rings is 1. The van der Waals surface area contributed by atoms with Crippen LogP contribution in [0.15, 0.2) is 22.7 Å². The minimum absolute atomic E-state index is 0.0554. The number of likely N-dealkylation sites (N-methyl/N-ethyl adjacent to an activating group) is 1. The van der Waals surface area contributed by atoms with Gasteiger partial charge in [0.25, 0.3) is 0 Å². The molecule has 19 heavy (non-hydrogen) atoms. The molecule has 1 aromatic rings. The quantitative estimate of drug-likeness (QED) is 0.843. The third kappa shape index (κ3) is 5.33. The zero-order valence-corrected chi connectivity index (χ0v) is 13.7. The number of hydrogen-bond acceptors (Lipinski definition) is 2. The summed E-state index contributed by atoms with van der Waals surface area (Å²) in [6.07, 6.45) is 0.840. The Morgan fingerprint density at radius 2 is 2.05 bits per heavy atom. The van der Waals surface area contributed by atoms with E-state index in [4.69, 9.17) is 0 Å². The van der Waals surface area contributed by atoms with Gasteiger partial charge in [0.15, 0.2) is 0 Å². The van der Waals surface area contributed by atoms with E-state index >= 15 is 0 Å². The molecule has 0 heterocycles. The molecule has 1 unspecified atom stereocenters. The van der Waals surface area contributed by atoms with Crippen molar-refractivity contribution < 1.29 is 4.79 Å². The first kappa shape index (κ1) is 16.2. The summed E-state index contributed by atoms with van der Waals surface area (Å²) in [7, 11) is 1.68. The van der Waals surface area contributed by atoms with Crippen molar-refractivity contribution in [1.29, 1.82) is 0 Å². The summed E-state index contributed by atoms with van der Waals surface area (Å²) in [5.41, 5.74) is 2.39. The molecule has 4 heteroatoms. The van der Waals surface area contributed by atoms with Crippen molar-refractivity contribution in [2.45, 2.75) is 39.8 Å². The van der Waals surface area contributed by atoms with Crippen molar-refractivity contribution in [2.24, 2.45) is 5.92 Å². The number of hydrogen-bond donors (Lipinski definition) is 2. The van der Waals surface area contributed by atoms with E-state index in [-0.39, 0.29) is 11.9 Å². The monoisotopic (exact) mass is 326 g/mol. The van der Waals surface area contributed by atoms with E-state index in [2.05, 4.69) is 65.5 Å². The number of aryl methyl sites for hydroxylation is 1. The standard InChI is InChI=1S/C15H23BrN2O/c1-10(2)7-14(15(19)17-4)18-9-12-6-5-11(3)13(16)8-12/h5-6,8,10,14,18H,7,9H2,1-4H3,(H,17,19). The Balaban J connectivity index is 2.64. The maximum Gasteiger partial charge on any atom is 0.236 e. The fourth-order valence-electron chi connectivity index (χ4n) is 1.92. The van der Waals surface area contributed by atoms with Crippen molar-refractivity contribution in [3.63, 3.8) is 0 Å². The highest BCUT2D eigenvalue weighted by atomic mass is 79.9. The van der Waals surface area contributed by atoms with Gasteiger partial charge in [0.1, 0.15) is 0 Å². The molecule has 106 valence electrons. The molecule has 0 saturated carbocycles. The van der Waals surface area contributed by atoms with Crippen molar-refractivity contribution in [3.05, 3.63) is 33.8 Å². The summed E-state index contributed by atoms with van der Waals surface area (Å²) in [5, 5.41) is 6.05. The predicted octanol–water partition coefficient (Wildman–Crippen LogP) is 3.01. The second kappa shape index (κ2) is 7.65. The fraction of sp³-hybridized carbons (Fsp3) is 0.533. The molecule has 0 aromatic heterocycles. The van der Waals surface area contributed by atoms with Crippen LogP contribution in [0.4, 0.5) is 0 Å². The number of amides is 1. The first-order chi connectivity index (χ1) is 8.93. The Labute approximate surface area is 124 Å². The van der Waals surface area contributed by atoms with E-state index in [0.29, 0.717) is 12.5 Å². The molecule has 0 aliphatic carbocycles. The lowest BCUT2D eigenvalue weighted by Crippen LogP contribution is -2.43. The Morgan fingerprint density at radius 3 is 2.58 bits per heavy atom. The SMILES string of the molecule is CNC(=O)C(CC(C)C)NCc1ccc(C)c(Br)c1. The first-order valence-electron chi connectivity index (χ1n) is 6.64. The molecule has 0 aliphatic rings. The average Bonchev–Trinajstić information content (AvgIpc) is 2.37. The van der Waals surface area contributed by atoms with Gasteiger partial charge >= 0.3 is 0 Å². The smallest absolute Gasteiger partial charge is 0.236 e. The highest BCUT2D eigenvalue weighted by Crippen LogP contribution is 2.17. The van der Waals surface area contributed by atoms with Gasteiger partial charge in [0.2, 0.25) is 5.91 Å². The van der Waals surface area contributed by atoms with Crippen LogP contribution >= 0.6 is 15.9 Å². The molecule has 2 N–H and O–H groups in total. The molecule has 0 bridgehead atoms. The number of rotatable bonds is 6. The second-order valence-corrected chi connectivity index (χ2v) is 6.12. The first-order valence-corrected chi connectivity index (χ1v) is 7.43. The molecule has 0 spiro atoms. The second-order valence-electron chi connectivity index (χ2n) is 5.26. The van der Waals surface area contributed by atoms with Gasteiger partial charge in [-0.15, -0.1) is 0 Å². The van der Waals surface area contributed by atoms with Crippen LogP contribution in [0, 0.1) is 12.8 Å². The van der Waals surface area contributed by atoms with Gasteiger partial charge in [-0.1, -0.05) is 41.9 Å². The van der Waals surface area contributed by atoms with E-state index in [0.717, 1.165) is 10.9 Å². The minimum atomic E-state index is -0.134. The number of nitrogens with one attached hydrogen (secondary N) is 2. The largest absolute Gasteiger partial charge is 0.358 e. The van der Waals surface area contributed by atoms with Gasteiger partial charge in [-0.3, -0.25) is 4.79 Å². The normalized spacial score (nSPS) is 12.5. The maximum atomic E-state index is 11.8. The van der Waals surface area contributed by atoms with Crippen LogP contribution < -0.4 is 10.6 Å².